The van der Waals surface area contributed by atoms with E-state index >= 15 is 0 Å². The number of anilines is 1. The summed E-state index contributed by atoms with van der Waals surface area (Å²) in [7, 11) is 0. The zero-order valence-corrected chi connectivity index (χ0v) is 15.5. The number of para-hydroxylation sites is 1. The minimum absolute atomic E-state index is 0.0454. The minimum Gasteiger partial charge on any atom is -0.326 e. The van der Waals surface area contributed by atoms with Crippen LogP contribution in [0.3, 0.4) is 0 Å². The number of thioether (sulfide) groups is 1. The van der Waals surface area contributed by atoms with Gasteiger partial charge in [-0.3, -0.25) is 4.79 Å². The third-order valence-corrected chi connectivity index (χ3v) is 5.24. The number of benzene rings is 2. The van der Waals surface area contributed by atoms with E-state index in [1.165, 1.54) is 0 Å². The molecule has 1 amide bonds. The van der Waals surface area contributed by atoms with E-state index in [0.717, 1.165) is 33.9 Å². The average molecular weight is 368 g/mol. The van der Waals surface area contributed by atoms with Gasteiger partial charge in [-0.05, 0) is 42.7 Å². The zero-order valence-electron chi connectivity index (χ0n) is 13.2. The molecule has 0 saturated heterocycles. The summed E-state index contributed by atoms with van der Waals surface area (Å²) in [5.74, 6) is 1.62. The van der Waals surface area contributed by atoms with Gasteiger partial charge in [-0.1, -0.05) is 47.5 Å². The van der Waals surface area contributed by atoms with Gasteiger partial charge in [-0.2, -0.15) is 11.8 Å². The van der Waals surface area contributed by atoms with Crippen LogP contribution in [0, 0.1) is 13.8 Å². The highest BCUT2D eigenvalue weighted by molar-refractivity contribution is 7.98. The standard InChI is InChI=1S/C18H19Cl2NOS/c1-12-4-3-5-13(2)18(12)21-17(22)8-9-23-11-14-6-7-15(19)16(20)10-14/h3-7,10H,8-9,11H2,1-2H3,(H,21,22). The van der Waals surface area contributed by atoms with Crippen LogP contribution in [0.1, 0.15) is 23.1 Å². The van der Waals surface area contributed by atoms with Crippen molar-refractivity contribution in [3.63, 3.8) is 0 Å². The normalized spacial score (nSPS) is 10.6. The summed E-state index contributed by atoms with van der Waals surface area (Å²) in [5.41, 5.74) is 4.20. The van der Waals surface area contributed by atoms with Crippen molar-refractivity contribution in [1.82, 2.24) is 0 Å². The Balaban J connectivity index is 1.78. The third kappa shape index (κ3) is 5.45. The number of nitrogens with one attached hydrogen (secondary N) is 1. The molecule has 0 saturated carbocycles. The lowest BCUT2D eigenvalue weighted by Crippen LogP contribution is -2.14. The summed E-state index contributed by atoms with van der Waals surface area (Å²) in [6.07, 6.45) is 0.486. The molecule has 2 aromatic rings. The van der Waals surface area contributed by atoms with Crippen molar-refractivity contribution in [2.75, 3.05) is 11.1 Å². The maximum Gasteiger partial charge on any atom is 0.225 e. The molecule has 0 heterocycles. The largest absolute Gasteiger partial charge is 0.326 e. The zero-order chi connectivity index (χ0) is 16.8. The van der Waals surface area contributed by atoms with Crippen LogP contribution in [0.15, 0.2) is 36.4 Å². The fourth-order valence-corrected chi connectivity index (χ4v) is 3.41. The van der Waals surface area contributed by atoms with E-state index in [2.05, 4.69) is 5.32 Å². The number of hydrogen-bond acceptors (Lipinski definition) is 2. The molecule has 0 bridgehead atoms. The summed E-state index contributed by atoms with van der Waals surface area (Å²) < 4.78 is 0. The number of amides is 1. The predicted molar refractivity (Wildman–Crippen MR) is 102 cm³/mol. The Morgan fingerprint density at radius 1 is 1.09 bits per heavy atom. The van der Waals surface area contributed by atoms with Gasteiger partial charge in [-0.15, -0.1) is 0 Å². The van der Waals surface area contributed by atoms with Crippen LogP contribution in [0.25, 0.3) is 0 Å². The van der Waals surface area contributed by atoms with Gasteiger partial charge in [-0.25, -0.2) is 0 Å². The van der Waals surface area contributed by atoms with E-state index in [0.29, 0.717) is 16.5 Å². The summed E-state index contributed by atoms with van der Waals surface area (Å²) in [5, 5.41) is 4.13. The maximum atomic E-state index is 12.1. The van der Waals surface area contributed by atoms with E-state index < -0.39 is 0 Å². The topological polar surface area (TPSA) is 29.1 Å². The lowest BCUT2D eigenvalue weighted by molar-refractivity contribution is -0.115. The van der Waals surface area contributed by atoms with Crippen LogP contribution in [0.4, 0.5) is 5.69 Å². The molecule has 0 spiro atoms. The Kier molecular flexibility index (Phi) is 6.82. The molecule has 1 N–H and O–H groups in total. The lowest BCUT2D eigenvalue weighted by atomic mass is 10.1. The molecule has 23 heavy (non-hydrogen) atoms. The molecule has 0 atom stereocenters. The van der Waals surface area contributed by atoms with Crippen molar-refractivity contribution >= 4 is 46.6 Å². The van der Waals surface area contributed by atoms with Gasteiger partial charge in [0.2, 0.25) is 5.91 Å². The molecule has 0 aliphatic carbocycles. The molecule has 2 aromatic carbocycles. The van der Waals surface area contributed by atoms with Crippen molar-refractivity contribution in [1.29, 1.82) is 0 Å². The van der Waals surface area contributed by atoms with E-state index in [1.54, 1.807) is 17.8 Å². The van der Waals surface area contributed by atoms with Crippen molar-refractivity contribution in [3.8, 4) is 0 Å². The second-order valence-corrected chi connectivity index (χ2v) is 7.29. The molecule has 2 nitrogen and oxygen atoms in total. The molecule has 5 heteroatoms. The van der Waals surface area contributed by atoms with E-state index in [1.807, 2.05) is 44.2 Å². The Morgan fingerprint density at radius 2 is 1.78 bits per heavy atom. The van der Waals surface area contributed by atoms with Crippen molar-refractivity contribution in [2.45, 2.75) is 26.0 Å². The number of halogens is 2. The van der Waals surface area contributed by atoms with Crippen LogP contribution in [-0.4, -0.2) is 11.7 Å². The van der Waals surface area contributed by atoms with Crippen molar-refractivity contribution < 1.29 is 4.79 Å². The smallest absolute Gasteiger partial charge is 0.225 e. The minimum atomic E-state index is 0.0454. The van der Waals surface area contributed by atoms with Gasteiger partial charge < -0.3 is 5.32 Å². The van der Waals surface area contributed by atoms with Gasteiger partial charge in [0.05, 0.1) is 10.0 Å². The van der Waals surface area contributed by atoms with Crippen LogP contribution in [0.2, 0.25) is 10.0 Å². The summed E-state index contributed by atoms with van der Waals surface area (Å²) in [6.45, 7) is 4.00. The Bertz CT molecular complexity index is 683. The van der Waals surface area contributed by atoms with E-state index in [9.17, 15) is 4.79 Å². The van der Waals surface area contributed by atoms with Crippen molar-refractivity contribution in [3.05, 3.63) is 63.1 Å². The monoisotopic (exact) mass is 367 g/mol. The third-order valence-electron chi connectivity index (χ3n) is 3.47. The second-order valence-electron chi connectivity index (χ2n) is 5.37. The van der Waals surface area contributed by atoms with E-state index in [4.69, 9.17) is 23.2 Å². The molecular weight excluding hydrogens is 349 g/mol. The Labute approximate surface area is 151 Å². The summed E-state index contributed by atoms with van der Waals surface area (Å²) in [4.78, 5) is 12.1. The van der Waals surface area contributed by atoms with Crippen LogP contribution >= 0.6 is 35.0 Å². The van der Waals surface area contributed by atoms with Gasteiger partial charge in [0.25, 0.3) is 0 Å². The molecule has 122 valence electrons. The summed E-state index contributed by atoms with van der Waals surface area (Å²) in [6, 6.07) is 11.6. The number of carbonyl (C=O) groups is 1. The fourth-order valence-electron chi connectivity index (χ4n) is 2.20. The Hall–Kier alpha value is -1.16. The first-order chi connectivity index (χ1) is 11.0. The van der Waals surface area contributed by atoms with Crippen LogP contribution in [0.5, 0.6) is 0 Å². The van der Waals surface area contributed by atoms with E-state index in [-0.39, 0.29) is 5.91 Å². The maximum absolute atomic E-state index is 12.1. The molecule has 0 aromatic heterocycles. The number of hydrogen-bond donors (Lipinski definition) is 1. The quantitative estimate of drug-likeness (QED) is 0.646. The molecule has 0 aliphatic rings. The Morgan fingerprint density at radius 3 is 2.43 bits per heavy atom. The first kappa shape index (κ1) is 18.2. The van der Waals surface area contributed by atoms with Crippen molar-refractivity contribution in [2.24, 2.45) is 0 Å². The number of carbonyl (C=O) groups excluding carboxylic acids is 1. The first-order valence-corrected chi connectivity index (χ1v) is 9.26. The molecule has 2 rings (SSSR count). The second kappa shape index (κ2) is 8.62. The average Bonchev–Trinajstić information content (AvgIpc) is 2.51. The van der Waals surface area contributed by atoms with Crippen LogP contribution < -0.4 is 5.32 Å². The first-order valence-electron chi connectivity index (χ1n) is 7.35. The highest BCUT2D eigenvalue weighted by atomic mass is 35.5. The highest BCUT2D eigenvalue weighted by Gasteiger charge is 2.07. The molecule has 0 radical (unpaired) electrons. The molecular formula is C18H19Cl2NOS. The number of aryl methyl sites for hydroxylation is 2. The predicted octanol–water partition coefficient (Wildman–Crippen LogP) is 5.87. The van der Waals surface area contributed by atoms with Crippen LogP contribution in [-0.2, 0) is 10.5 Å². The molecule has 0 fully saturated rings. The van der Waals surface area contributed by atoms with Gasteiger partial charge in [0.1, 0.15) is 0 Å². The molecule has 0 aliphatic heterocycles. The molecule has 0 unspecified atom stereocenters. The van der Waals surface area contributed by atoms with Gasteiger partial charge in [0.15, 0.2) is 0 Å². The van der Waals surface area contributed by atoms with Gasteiger partial charge in [0, 0.05) is 23.6 Å². The fraction of sp³-hybridized carbons (Fsp3) is 0.278. The SMILES string of the molecule is Cc1cccc(C)c1NC(=O)CCSCc1ccc(Cl)c(Cl)c1. The lowest BCUT2D eigenvalue weighted by Gasteiger charge is -2.11. The van der Waals surface area contributed by atoms with Gasteiger partial charge >= 0.3 is 0 Å². The summed E-state index contributed by atoms with van der Waals surface area (Å²) >= 11 is 13.6. The number of rotatable bonds is 6. The highest BCUT2D eigenvalue weighted by Crippen LogP contribution is 2.25.